The first-order valence-electron chi connectivity index (χ1n) is 5.54. The van der Waals surface area contributed by atoms with Crippen LogP contribution in [0.25, 0.3) is 0 Å². The van der Waals surface area contributed by atoms with E-state index in [0.717, 1.165) is 10.2 Å². The van der Waals surface area contributed by atoms with Gasteiger partial charge in [-0.15, -0.1) is 11.3 Å². The van der Waals surface area contributed by atoms with E-state index in [2.05, 4.69) is 58.6 Å². The molecule has 90 valence electrons. The van der Waals surface area contributed by atoms with E-state index in [9.17, 15) is 0 Å². The molecule has 1 heterocycles. The van der Waals surface area contributed by atoms with E-state index in [0.29, 0.717) is 0 Å². The predicted molar refractivity (Wildman–Crippen MR) is 77.0 cm³/mol. The van der Waals surface area contributed by atoms with E-state index in [1.54, 1.807) is 11.3 Å². The van der Waals surface area contributed by atoms with Crippen LogP contribution >= 0.6 is 27.3 Å². The van der Waals surface area contributed by atoms with Gasteiger partial charge < -0.3 is 0 Å². The summed E-state index contributed by atoms with van der Waals surface area (Å²) in [4.78, 5) is 1.22. The number of hydrazine groups is 1. The Kier molecular flexibility index (Phi) is 4.34. The van der Waals surface area contributed by atoms with E-state index in [-0.39, 0.29) is 6.04 Å². The molecule has 0 saturated heterocycles. The van der Waals surface area contributed by atoms with Crippen molar-refractivity contribution in [1.82, 2.24) is 5.43 Å². The first kappa shape index (κ1) is 12.8. The Morgan fingerprint density at radius 3 is 2.76 bits per heavy atom. The fourth-order valence-corrected chi connectivity index (χ4v) is 3.33. The molecule has 0 aliphatic heterocycles. The smallest absolute Gasteiger partial charge is 0.0803 e. The van der Waals surface area contributed by atoms with Crippen LogP contribution in [-0.2, 0) is 6.42 Å². The Bertz CT molecular complexity index is 496. The van der Waals surface area contributed by atoms with E-state index in [4.69, 9.17) is 5.84 Å². The molecule has 2 nitrogen and oxygen atoms in total. The normalized spacial score (nSPS) is 12.6. The predicted octanol–water partition coefficient (Wildman–Crippen LogP) is 3.63. The molecule has 0 aliphatic rings. The number of hydrogen-bond acceptors (Lipinski definition) is 3. The summed E-state index contributed by atoms with van der Waals surface area (Å²) in [6.45, 7) is 2.16. The lowest BCUT2D eigenvalue weighted by Gasteiger charge is -2.15. The lowest BCUT2D eigenvalue weighted by Crippen LogP contribution is -2.28. The number of halogens is 1. The van der Waals surface area contributed by atoms with E-state index in [1.165, 1.54) is 16.0 Å². The molecular weight excluding hydrogens is 296 g/mol. The minimum absolute atomic E-state index is 0.0674. The van der Waals surface area contributed by atoms with Gasteiger partial charge in [-0.2, -0.15) is 0 Å². The largest absolute Gasteiger partial charge is 0.271 e. The fraction of sp³-hybridized carbons (Fsp3) is 0.231. The SMILES string of the molecule is CCc1cccc(C(NN)c2ccc(Br)s2)c1. The highest BCUT2D eigenvalue weighted by atomic mass is 79.9. The Hall–Kier alpha value is -0.680. The second-order valence-corrected chi connectivity index (χ2v) is 6.33. The van der Waals surface area contributed by atoms with Crippen LogP contribution in [0, 0.1) is 0 Å². The van der Waals surface area contributed by atoms with Crippen molar-refractivity contribution >= 4 is 27.3 Å². The number of benzene rings is 1. The summed E-state index contributed by atoms with van der Waals surface area (Å²) in [7, 11) is 0. The first-order chi connectivity index (χ1) is 8.24. The fourth-order valence-electron chi connectivity index (χ4n) is 1.82. The van der Waals surface area contributed by atoms with Gasteiger partial charge in [0.05, 0.1) is 9.83 Å². The summed E-state index contributed by atoms with van der Waals surface area (Å²) in [5.74, 6) is 5.68. The van der Waals surface area contributed by atoms with Crippen LogP contribution in [-0.4, -0.2) is 0 Å². The van der Waals surface area contributed by atoms with Crippen molar-refractivity contribution < 1.29 is 0 Å². The third kappa shape index (κ3) is 2.96. The van der Waals surface area contributed by atoms with Crippen LogP contribution in [0.5, 0.6) is 0 Å². The monoisotopic (exact) mass is 310 g/mol. The topological polar surface area (TPSA) is 38.0 Å². The maximum absolute atomic E-state index is 5.68. The molecule has 0 spiro atoms. The Morgan fingerprint density at radius 2 is 2.18 bits per heavy atom. The summed E-state index contributed by atoms with van der Waals surface area (Å²) in [5.41, 5.74) is 5.43. The number of nitrogens with one attached hydrogen (secondary N) is 1. The number of aryl methyl sites for hydroxylation is 1. The van der Waals surface area contributed by atoms with Crippen LogP contribution < -0.4 is 11.3 Å². The minimum atomic E-state index is 0.0674. The summed E-state index contributed by atoms with van der Waals surface area (Å²) in [5, 5.41) is 0. The third-order valence-corrected chi connectivity index (χ3v) is 4.43. The number of nitrogens with two attached hydrogens (primary N) is 1. The zero-order valence-electron chi connectivity index (χ0n) is 9.61. The Morgan fingerprint density at radius 1 is 1.35 bits per heavy atom. The molecule has 1 aromatic carbocycles. The molecule has 3 N–H and O–H groups in total. The summed E-state index contributed by atoms with van der Waals surface area (Å²) in [6, 6.07) is 12.8. The maximum atomic E-state index is 5.68. The van der Waals surface area contributed by atoms with Gasteiger partial charge in [-0.1, -0.05) is 31.2 Å². The highest BCUT2D eigenvalue weighted by molar-refractivity contribution is 9.11. The lowest BCUT2D eigenvalue weighted by molar-refractivity contribution is 0.646. The highest BCUT2D eigenvalue weighted by Gasteiger charge is 2.14. The van der Waals surface area contributed by atoms with Gasteiger partial charge in [0.25, 0.3) is 0 Å². The van der Waals surface area contributed by atoms with Gasteiger partial charge in [-0.25, -0.2) is 5.43 Å². The van der Waals surface area contributed by atoms with Crippen LogP contribution in [0.3, 0.4) is 0 Å². The van der Waals surface area contributed by atoms with Crippen molar-refractivity contribution in [2.45, 2.75) is 19.4 Å². The zero-order valence-corrected chi connectivity index (χ0v) is 12.0. The molecule has 0 radical (unpaired) electrons. The number of rotatable bonds is 4. The quantitative estimate of drug-likeness (QED) is 0.668. The van der Waals surface area contributed by atoms with E-state index >= 15 is 0 Å². The number of thiophene rings is 1. The van der Waals surface area contributed by atoms with Gasteiger partial charge in [0.2, 0.25) is 0 Å². The molecule has 0 saturated carbocycles. The summed E-state index contributed by atoms with van der Waals surface area (Å²) >= 11 is 5.18. The van der Waals surface area contributed by atoms with Crippen molar-refractivity contribution in [2.75, 3.05) is 0 Å². The highest BCUT2D eigenvalue weighted by Crippen LogP contribution is 2.31. The number of hydrogen-bond donors (Lipinski definition) is 2. The molecule has 0 amide bonds. The summed E-state index contributed by atoms with van der Waals surface area (Å²) < 4.78 is 1.12. The van der Waals surface area contributed by atoms with Crippen LogP contribution in [0.2, 0.25) is 0 Å². The van der Waals surface area contributed by atoms with Crippen molar-refractivity contribution in [3.8, 4) is 0 Å². The van der Waals surface area contributed by atoms with Crippen molar-refractivity contribution in [3.63, 3.8) is 0 Å². The molecule has 1 atom stereocenters. The molecule has 0 aliphatic carbocycles. The lowest BCUT2D eigenvalue weighted by atomic mass is 10.0. The van der Waals surface area contributed by atoms with Gasteiger partial charge in [0.1, 0.15) is 0 Å². The van der Waals surface area contributed by atoms with Gasteiger partial charge in [-0.3, -0.25) is 5.84 Å². The second kappa shape index (κ2) is 5.78. The second-order valence-electron chi connectivity index (χ2n) is 3.84. The zero-order chi connectivity index (χ0) is 12.3. The molecule has 2 aromatic rings. The van der Waals surface area contributed by atoms with Crippen LogP contribution in [0.15, 0.2) is 40.2 Å². The van der Waals surface area contributed by atoms with Crippen LogP contribution in [0.1, 0.15) is 29.0 Å². The maximum Gasteiger partial charge on any atom is 0.0803 e. The van der Waals surface area contributed by atoms with E-state index < -0.39 is 0 Å². The molecule has 1 unspecified atom stereocenters. The Balaban J connectivity index is 2.34. The van der Waals surface area contributed by atoms with Crippen molar-refractivity contribution in [1.29, 1.82) is 0 Å². The van der Waals surface area contributed by atoms with E-state index in [1.807, 2.05) is 6.07 Å². The van der Waals surface area contributed by atoms with Gasteiger partial charge in [0.15, 0.2) is 0 Å². The molecule has 1 aromatic heterocycles. The first-order valence-corrected chi connectivity index (χ1v) is 7.15. The van der Waals surface area contributed by atoms with Crippen molar-refractivity contribution in [2.24, 2.45) is 5.84 Å². The van der Waals surface area contributed by atoms with Crippen molar-refractivity contribution in [3.05, 3.63) is 56.2 Å². The molecular formula is C13H15BrN2S. The average molecular weight is 311 g/mol. The molecule has 0 bridgehead atoms. The standard InChI is InChI=1S/C13H15BrN2S/c1-2-9-4-3-5-10(8-9)13(16-15)11-6-7-12(14)17-11/h3-8,13,16H,2,15H2,1H3. The molecule has 4 heteroatoms. The minimum Gasteiger partial charge on any atom is -0.271 e. The molecule has 17 heavy (non-hydrogen) atoms. The van der Waals surface area contributed by atoms with Gasteiger partial charge in [-0.05, 0) is 45.6 Å². The third-order valence-electron chi connectivity index (χ3n) is 2.74. The molecule has 2 rings (SSSR count). The van der Waals surface area contributed by atoms with Gasteiger partial charge >= 0.3 is 0 Å². The Labute approximate surface area is 114 Å². The average Bonchev–Trinajstić information content (AvgIpc) is 2.77. The summed E-state index contributed by atoms with van der Waals surface area (Å²) in [6.07, 6.45) is 1.04. The molecule has 0 fully saturated rings. The van der Waals surface area contributed by atoms with Crippen LogP contribution in [0.4, 0.5) is 0 Å². The van der Waals surface area contributed by atoms with Gasteiger partial charge in [0, 0.05) is 4.88 Å².